The van der Waals surface area contributed by atoms with Crippen LogP contribution in [0.4, 0.5) is 5.82 Å². The zero-order valence-corrected chi connectivity index (χ0v) is 17.4. The number of amides is 1. The Kier molecular flexibility index (Phi) is 7.04. The third-order valence-corrected chi connectivity index (χ3v) is 5.15. The van der Waals surface area contributed by atoms with Crippen molar-refractivity contribution in [3.8, 4) is 0 Å². The fraction of sp³-hybridized carbons (Fsp3) is 0.611. The molecule has 25 heavy (non-hydrogen) atoms. The maximum atomic E-state index is 12.0. The number of aromatic nitrogens is 1. The number of carbonyl (C=O) groups excluding carboxylic acids is 1. The zero-order valence-electron chi connectivity index (χ0n) is 15.0. The first-order valence-corrected chi connectivity index (χ1v) is 8.79. The van der Waals surface area contributed by atoms with Crippen molar-refractivity contribution in [3.05, 3.63) is 23.9 Å². The van der Waals surface area contributed by atoms with Gasteiger partial charge in [0.25, 0.3) is 0 Å². The van der Waals surface area contributed by atoms with Crippen LogP contribution in [0.5, 0.6) is 0 Å². The number of nitrogens with one attached hydrogen (secondary N) is 2. The van der Waals surface area contributed by atoms with Gasteiger partial charge in [-0.25, -0.2) is 4.98 Å². The lowest BCUT2D eigenvalue weighted by Gasteiger charge is -2.38. The van der Waals surface area contributed by atoms with Crippen LogP contribution in [0.2, 0.25) is 0 Å². The van der Waals surface area contributed by atoms with E-state index in [1.807, 2.05) is 26.1 Å². The predicted octanol–water partition coefficient (Wildman–Crippen LogP) is 2.79. The molecule has 0 atom stereocenters. The summed E-state index contributed by atoms with van der Waals surface area (Å²) in [4.78, 5) is 23.0. The van der Waals surface area contributed by atoms with E-state index in [0.717, 1.165) is 24.7 Å². The Morgan fingerprint density at radius 3 is 2.76 bits per heavy atom. The molecule has 1 aliphatic carbocycles. The number of guanidine groups is 1. The number of pyridine rings is 1. The molecular weight excluding hydrogens is 429 g/mol. The molecule has 2 fully saturated rings. The number of carbonyl (C=O) groups is 1. The quantitative estimate of drug-likeness (QED) is 0.415. The highest BCUT2D eigenvalue weighted by atomic mass is 127. The Bertz CT molecular complexity index is 630. The van der Waals surface area contributed by atoms with Gasteiger partial charge in [0.05, 0.1) is 0 Å². The molecule has 1 spiro atoms. The van der Waals surface area contributed by atoms with Gasteiger partial charge < -0.3 is 15.5 Å². The number of rotatable bonds is 4. The summed E-state index contributed by atoms with van der Waals surface area (Å²) in [6.07, 6.45) is 5.74. The van der Waals surface area contributed by atoms with Gasteiger partial charge in [-0.3, -0.25) is 9.79 Å². The molecule has 1 saturated carbocycles. The van der Waals surface area contributed by atoms with Gasteiger partial charge >= 0.3 is 0 Å². The number of hydrogen-bond donors (Lipinski definition) is 2. The minimum absolute atomic E-state index is 0. The van der Waals surface area contributed by atoms with Crippen LogP contribution in [0.1, 0.15) is 37.8 Å². The molecule has 1 amide bonds. The second-order valence-corrected chi connectivity index (χ2v) is 6.96. The number of anilines is 1. The number of hydrogen-bond acceptors (Lipinski definition) is 3. The summed E-state index contributed by atoms with van der Waals surface area (Å²) in [6.45, 7) is 4.66. The van der Waals surface area contributed by atoms with Gasteiger partial charge in [0.1, 0.15) is 5.82 Å². The molecular formula is C18H28IN5O. The molecule has 0 aromatic carbocycles. The highest BCUT2D eigenvalue weighted by molar-refractivity contribution is 14.0. The van der Waals surface area contributed by atoms with Crippen LogP contribution < -0.4 is 10.6 Å². The summed E-state index contributed by atoms with van der Waals surface area (Å²) in [7, 11) is 1.81. The molecule has 3 rings (SSSR count). The van der Waals surface area contributed by atoms with Gasteiger partial charge in [-0.05, 0) is 43.7 Å². The van der Waals surface area contributed by atoms with Crippen molar-refractivity contribution in [3.63, 3.8) is 0 Å². The monoisotopic (exact) mass is 457 g/mol. The van der Waals surface area contributed by atoms with Crippen molar-refractivity contribution in [1.82, 2.24) is 15.2 Å². The van der Waals surface area contributed by atoms with Crippen LogP contribution in [0.3, 0.4) is 0 Å². The lowest BCUT2D eigenvalue weighted by molar-refractivity contribution is -0.116. The minimum atomic E-state index is -0.0343. The maximum Gasteiger partial charge on any atom is 0.227 e. The standard InChI is InChI=1S/C18H27N5O.HI/c1-14-5-3-6-15(21-14)22-16(24)7-11-20-17(19-2)23-12-10-18(13-23)8-4-9-18;/h3,5-6H,4,7-13H2,1-2H3,(H,19,20)(H,21,22,24);1H. The normalized spacial score (nSPS) is 18.5. The minimum Gasteiger partial charge on any atom is -0.356 e. The molecule has 0 unspecified atom stereocenters. The van der Waals surface area contributed by atoms with E-state index in [1.165, 1.54) is 25.7 Å². The largest absolute Gasteiger partial charge is 0.356 e. The molecule has 7 heteroatoms. The van der Waals surface area contributed by atoms with Crippen molar-refractivity contribution in [2.75, 3.05) is 32.0 Å². The first-order chi connectivity index (χ1) is 11.6. The lowest BCUT2D eigenvalue weighted by atomic mass is 9.68. The number of halogens is 1. The molecule has 1 aromatic rings. The molecule has 2 aliphatic rings. The van der Waals surface area contributed by atoms with Crippen LogP contribution in [-0.4, -0.2) is 48.4 Å². The van der Waals surface area contributed by atoms with Crippen LogP contribution in [0.15, 0.2) is 23.2 Å². The van der Waals surface area contributed by atoms with Crippen LogP contribution in [0.25, 0.3) is 0 Å². The molecule has 1 saturated heterocycles. The molecule has 2 N–H and O–H groups in total. The van der Waals surface area contributed by atoms with Gasteiger partial charge in [0.15, 0.2) is 5.96 Å². The fourth-order valence-electron chi connectivity index (χ4n) is 3.64. The topological polar surface area (TPSA) is 69.6 Å². The van der Waals surface area contributed by atoms with Crippen molar-refractivity contribution >= 4 is 41.7 Å². The van der Waals surface area contributed by atoms with E-state index in [-0.39, 0.29) is 29.9 Å². The number of likely N-dealkylation sites (tertiary alicyclic amines) is 1. The molecule has 0 bridgehead atoms. The van der Waals surface area contributed by atoms with E-state index >= 15 is 0 Å². The third-order valence-electron chi connectivity index (χ3n) is 5.15. The Hall–Kier alpha value is -1.38. The predicted molar refractivity (Wildman–Crippen MR) is 111 cm³/mol. The molecule has 1 aromatic heterocycles. The number of aliphatic imine (C=N–C) groups is 1. The Morgan fingerprint density at radius 1 is 1.36 bits per heavy atom. The van der Waals surface area contributed by atoms with E-state index in [2.05, 4.69) is 25.5 Å². The SMILES string of the molecule is CN=C(NCCC(=O)Nc1cccc(C)n1)N1CCC2(CCC2)C1.I. The van der Waals surface area contributed by atoms with Crippen molar-refractivity contribution < 1.29 is 4.79 Å². The molecule has 2 heterocycles. The van der Waals surface area contributed by atoms with Gasteiger partial charge in [0.2, 0.25) is 5.91 Å². The molecule has 138 valence electrons. The van der Waals surface area contributed by atoms with E-state index < -0.39 is 0 Å². The second-order valence-electron chi connectivity index (χ2n) is 6.96. The molecule has 0 radical (unpaired) electrons. The zero-order chi connectivity index (χ0) is 17.0. The van der Waals surface area contributed by atoms with E-state index in [0.29, 0.717) is 24.2 Å². The van der Waals surface area contributed by atoms with Crippen molar-refractivity contribution in [2.45, 2.75) is 39.0 Å². The van der Waals surface area contributed by atoms with Crippen LogP contribution in [-0.2, 0) is 4.79 Å². The summed E-state index contributed by atoms with van der Waals surface area (Å²) < 4.78 is 0. The molecule has 1 aliphatic heterocycles. The lowest BCUT2D eigenvalue weighted by Crippen LogP contribution is -2.43. The maximum absolute atomic E-state index is 12.0. The highest BCUT2D eigenvalue weighted by Gasteiger charge is 2.43. The van der Waals surface area contributed by atoms with E-state index in [9.17, 15) is 4.79 Å². The Labute approximate surface area is 166 Å². The Morgan fingerprint density at radius 2 is 2.16 bits per heavy atom. The number of aryl methyl sites for hydroxylation is 1. The van der Waals surface area contributed by atoms with Crippen molar-refractivity contribution in [1.29, 1.82) is 0 Å². The summed E-state index contributed by atoms with van der Waals surface area (Å²) in [6, 6.07) is 5.60. The summed E-state index contributed by atoms with van der Waals surface area (Å²) in [5, 5.41) is 6.15. The first-order valence-electron chi connectivity index (χ1n) is 8.79. The average Bonchev–Trinajstić information content (AvgIpc) is 2.97. The first kappa shape index (κ1) is 19.9. The van der Waals surface area contributed by atoms with Crippen molar-refractivity contribution in [2.24, 2.45) is 10.4 Å². The second kappa shape index (κ2) is 8.82. The third kappa shape index (κ3) is 5.05. The van der Waals surface area contributed by atoms with E-state index in [4.69, 9.17) is 0 Å². The van der Waals surface area contributed by atoms with E-state index in [1.54, 1.807) is 6.07 Å². The Balaban J connectivity index is 0.00000225. The van der Waals surface area contributed by atoms with Gasteiger partial charge in [-0.15, -0.1) is 24.0 Å². The smallest absolute Gasteiger partial charge is 0.227 e. The number of nitrogens with zero attached hydrogens (tertiary/aromatic N) is 3. The highest BCUT2D eigenvalue weighted by Crippen LogP contribution is 2.47. The summed E-state index contributed by atoms with van der Waals surface area (Å²) in [5.41, 5.74) is 1.44. The average molecular weight is 457 g/mol. The van der Waals surface area contributed by atoms with Crippen LogP contribution in [0, 0.1) is 12.3 Å². The molecule has 6 nitrogen and oxygen atoms in total. The van der Waals surface area contributed by atoms with Gasteiger partial charge in [0, 0.05) is 38.8 Å². The summed E-state index contributed by atoms with van der Waals surface area (Å²) >= 11 is 0. The van der Waals surface area contributed by atoms with Gasteiger partial charge in [-0.2, -0.15) is 0 Å². The summed E-state index contributed by atoms with van der Waals surface area (Å²) in [5.74, 6) is 1.49. The fourth-order valence-corrected chi connectivity index (χ4v) is 3.64. The van der Waals surface area contributed by atoms with Crippen LogP contribution >= 0.6 is 24.0 Å². The van der Waals surface area contributed by atoms with Gasteiger partial charge in [-0.1, -0.05) is 12.5 Å².